The van der Waals surface area contributed by atoms with Crippen molar-refractivity contribution < 1.29 is 9.53 Å². The van der Waals surface area contributed by atoms with E-state index in [9.17, 15) is 4.79 Å². The SMILES string of the molecule is CCOC(=O)c1nn(-c2ccccc2Br)c(-c2ccccc2)c1C. The Balaban J connectivity index is 2.26. The number of hydrogen-bond acceptors (Lipinski definition) is 3. The van der Waals surface area contributed by atoms with Crippen LogP contribution in [0.3, 0.4) is 0 Å². The van der Waals surface area contributed by atoms with Gasteiger partial charge in [0, 0.05) is 15.6 Å². The minimum Gasteiger partial charge on any atom is -0.461 e. The molecule has 0 bridgehead atoms. The van der Waals surface area contributed by atoms with Crippen molar-refractivity contribution in [1.82, 2.24) is 9.78 Å². The Labute approximate surface area is 149 Å². The van der Waals surface area contributed by atoms with Gasteiger partial charge in [0.25, 0.3) is 0 Å². The molecule has 4 nitrogen and oxygen atoms in total. The number of hydrogen-bond donors (Lipinski definition) is 0. The van der Waals surface area contributed by atoms with E-state index >= 15 is 0 Å². The number of rotatable bonds is 4. The van der Waals surface area contributed by atoms with Crippen molar-refractivity contribution >= 4 is 21.9 Å². The Morgan fingerprint density at radius 2 is 1.79 bits per heavy atom. The van der Waals surface area contributed by atoms with Crippen molar-refractivity contribution in [3.05, 3.63) is 70.3 Å². The highest BCUT2D eigenvalue weighted by Crippen LogP contribution is 2.31. The fourth-order valence-corrected chi connectivity index (χ4v) is 3.07. The van der Waals surface area contributed by atoms with Crippen molar-refractivity contribution in [3.63, 3.8) is 0 Å². The maximum absolute atomic E-state index is 12.3. The molecule has 2 aromatic carbocycles. The van der Waals surface area contributed by atoms with Crippen LogP contribution in [0.15, 0.2) is 59.1 Å². The molecule has 3 aromatic rings. The number of ether oxygens (including phenoxy) is 1. The minimum absolute atomic E-state index is 0.320. The monoisotopic (exact) mass is 384 g/mol. The zero-order valence-electron chi connectivity index (χ0n) is 13.5. The van der Waals surface area contributed by atoms with Crippen molar-refractivity contribution in [2.45, 2.75) is 13.8 Å². The van der Waals surface area contributed by atoms with E-state index in [1.54, 1.807) is 11.6 Å². The van der Waals surface area contributed by atoms with Crippen molar-refractivity contribution in [1.29, 1.82) is 0 Å². The normalized spacial score (nSPS) is 10.6. The molecule has 0 spiro atoms. The number of carbonyl (C=O) groups excluding carboxylic acids is 1. The van der Waals surface area contributed by atoms with Crippen LogP contribution in [0, 0.1) is 6.92 Å². The molecule has 0 aliphatic carbocycles. The van der Waals surface area contributed by atoms with Gasteiger partial charge < -0.3 is 4.74 Å². The van der Waals surface area contributed by atoms with Crippen LogP contribution in [0.25, 0.3) is 16.9 Å². The molecule has 1 heterocycles. The molecule has 0 atom stereocenters. The average Bonchev–Trinajstić information content (AvgIpc) is 2.93. The van der Waals surface area contributed by atoms with Gasteiger partial charge in [0.05, 0.1) is 18.0 Å². The molecule has 0 aliphatic heterocycles. The van der Waals surface area contributed by atoms with Crippen LogP contribution in [0.5, 0.6) is 0 Å². The number of nitrogens with zero attached hydrogens (tertiary/aromatic N) is 2. The van der Waals surface area contributed by atoms with Gasteiger partial charge in [0.2, 0.25) is 0 Å². The van der Waals surface area contributed by atoms with E-state index in [1.165, 1.54) is 0 Å². The third-order valence-electron chi connectivity index (χ3n) is 3.72. The topological polar surface area (TPSA) is 44.1 Å². The molecular weight excluding hydrogens is 368 g/mol. The van der Waals surface area contributed by atoms with Crippen LogP contribution < -0.4 is 0 Å². The molecule has 0 radical (unpaired) electrons. The molecule has 3 rings (SSSR count). The molecule has 5 heteroatoms. The van der Waals surface area contributed by atoms with Crippen molar-refractivity contribution in [2.24, 2.45) is 0 Å². The second-order valence-electron chi connectivity index (χ2n) is 5.27. The number of para-hydroxylation sites is 1. The van der Waals surface area contributed by atoms with Crippen LogP contribution in [0.2, 0.25) is 0 Å². The molecule has 0 saturated heterocycles. The summed E-state index contributed by atoms with van der Waals surface area (Å²) in [5.41, 5.74) is 3.89. The molecule has 24 heavy (non-hydrogen) atoms. The third kappa shape index (κ3) is 2.99. The Kier molecular flexibility index (Phi) is 4.81. The number of benzene rings is 2. The molecule has 0 unspecified atom stereocenters. The number of esters is 1. The zero-order valence-corrected chi connectivity index (χ0v) is 15.1. The lowest BCUT2D eigenvalue weighted by atomic mass is 10.1. The van der Waals surface area contributed by atoms with E-state index in [-0.39, 0.29) is 0 Å². The van der Waals surface area contributed by atoms with Crippen LogP contribution >= 0.6 is 15.9 Å². The van der Waals surface area contributed by atoms with Crippen LogP contribution in [-0.4, -0.2) is 22.4 Å². The summed E-state index contributed by atoms with van der Waals surface area (Å²) < 4.78 is 7.85. The number of carbonyl (C=O) groups is 1. The van der Waals surface area contributed by atoms with E-state index in [1.807, 2.05) is 61.5 Å². The van der Waals surface area contributed by atoms with Crippen molar-refractivity contribution in [3.8, 4) is 16.9 Å². The maximum atomic E-state index is 12.3. The fraction of sp³-hybridized carbons (Fsp3) is 0.158. The first-order chi connectivity index (χ1) is 11.6. The Morgan fingerprint density at radius 1 is 1.12 bits per heavy atom. The van der Waals surface area contributed by atoms with Gasteiger partial charge in [-0.15, -0.1) is 0 Å². The van der Waals surface area contributed by atoms with Gasteiger partial charge in [-0.05, 0) is 41.9 Å². The lowest BCUT2D eigenvalue weighted by molar-refractivity contribution is 0.0518. The Hall–Kier alpha value is -2.40. The van der Waals surface area contributed by atoms with Crippen LogP contribution in [-0.2, 0) is 4.74 Å². The van der Waals surface area contributed by atoms with Crippen molar-refractivity contribution in [2.75, 3.05) is 6.61 Å². The van der Waals surface area contributed by atoms with E-state index in [2.05, 4.69) is 21.0 Å². The fourth-order valence-electron chi connectivity index (χ4n) is 2.62. The average molecular weight is 385 g/mol. The summed E-state index contributed by atoms with van der Waals surface area (Å²) in [5.74, 6) is -0.405. The molecule has 1 aromatic heterocycles. The predicted molar refractivity (Wildman–Crippen MR) is 97.4 cm³/mol. The second kappa shape index (κ2) is 7.01. The zero-order chi connectivity index (χ0) is 17.1. The first kappa shape index (κ1) is 16.5. The van der Waals surface area contributed by atoms with Gasteiger partial charge >= 0.3 is 5.97 Å². The standard InChI is InChI=1S/C19H17BrN2O2/c1-3-24-19(23)17-13(2)18(14-9-5-4-6-10-14)22(21-17)16-12-8-7-11-15(16)20/h4-12H,3H2,1-2H3. The maximum Gasteiger partial charge on any atom is 0.359 e. The first-order valence-corrected chi connectivity index (χ1v) is 8.49. The first-order valence-electron chi connectivity index (χ1n) is 7.70. The quantitative estimate of drug-likeness (QED) is 0.607. The van der Waals surface area contributed by atoms with E-state index in [4.69, 9.17) is 4.74 Å². The lowest BCUT2D eigenvalue weighted by Crippen LogP contribution is -2.07. The Bertz CT molecular complexity index is 872. The summed E-state index contributed by atoms with van der Waals surface area (Å²) in [6, 6.07) is 17.7. The van der Waals surface area contributed by atoms with Gasteiger partial charge in [0.15, 0.2) is 5.69 Å². The molecule has 0 amide bonds. The highest BCUT2D eigenvalue weighted by molar-refractivity contribution is 9.10. The summed E-state index contributed by atoms with van der Waals surface area (Å²) in [4.78, 5) is 12.3. The molecule has 0 saturated carbocycles. The molecular formula is C19H17BrN2O2. The van der Waals surface area contributed by atoms with E-state index in [0.717, 1.165) is 27.0 Å². The van der Waals surface area contributed by atoms with Gasteiger partial charge in [-0.1, -0.05) is 42.5 Å². The predicted octanol–water partition coefficient (Wildman–Crippen LogP) is 4.79. The van der Waals surface area contributed by atoms with Gasteiger partial charge in [-0.2, -0.15) is 5.10 Å². The van der Waals surface area contributed by atoms with Gasteiger partial charge in [0.1, 0.15) is 0 Å². The smallest absolute Gasteiger partial charge is 0.359 e. The Morgan fingerprint density at radius 3 is 2.46 bits per heavy atom. The number of aromatic nitrogens is 2. The van der Waals surface area contributed by atoms with Gasteiger partial charge in [-0.25, -0.2) is 9.48 Å². The minimum atomic E-state index is -0.405. The summed E-state index contributed by atoms with van der Waals surface area (Å²) in [6.45, 7) is 4.01. The van der Waals surface area contributed by atoms with E-state index < -0.39 is 5.97 Å². The van der Waals surface area contributed by atoms with Gasteiger partial charge in [-0.3, -0.25) is 0 Å². The molecule has 0 aliphatic rings. The summed E-state index contributed by atoms with van der Waals surface area (Å²) in [7, 11) is 0. The lowest BCUT2D eigenvalue weighted by Gasteiger charge is -2.10. The van der Waals surface area contributed by atoms with Crippen LogP contribution in [0.4, 0.5) is 0 Å². The highest BCUT2D eigenvalue weighted by Gasteiger charge is 2.23. The second-order valence-corrected chi connectivity index (χ2v) is 6.13. The highest BCUT2D eigenvalue weighted by atomic mass is 79.9. The van der Waals surface area contributed by atoms with E-state index in [0.29, 0.717) is 12.3 Å². The molecule has 0 fully saturated rings. The molecule has 122 valence electrons. The summed E-state index contributed by atoms with van der Waals surface area (Å²) in [5, 5.41) is 4.55. The summed E-state index contributed by atoms with van der Waals surface area (Å²) in [6.07, 6.45) is 0. The largest absolute Gasteiger partial charge is 0.461 e. The summed E-state index contributed by atoms with van der Waals surface area (Å²) >= 11 is 3.56. The number of halogens is 1. The van der Waals surface area contributed by atoms with Crippen LogP contribution in [0.1, 0.15) is 23.0 Å². The molecule has 0 N–H and O–H groups in total. The third-order valence-corrected chi connectivity index (χ3v) is 4.39.